The largest absolute Gasteiger partial charge is 0.336 e. The van der Waals surface area contributed by atoms with E-state index in [4.69, 9.17) is 4.98 Å². The third-order valence-corrected chi connectivity index (χ3v) is 6.23. The average molecular weight is 391 g/mol. The van der Waals surface area contributed by atoms with Crippen LogP contribution in [-0.4, -0.2) is 57.8 Å². The van der Waals surface area contributed by atoms with Crippen LogP contribution in [0.4, 0.5) is 0 Å². The summed E-state index contributed by atoms with van der Waals surface area (Å²) in [6.45, 7) is 3.84. The number of piperidine rings is 1. The molecule has 0 radical (unpaired) electrons. The number of benzene rings is 1. The SMILES string of the molecule is O=C(CN1Cc2ccccc2C1=O)N1CCc2nc(C3CCNCC3)ncc2C1. The Bertz CT molecular complexity index is 954. The summed E-state index contributed by atoms with van der Waals surface area (Å²) < 4.78 is 0. The molecule has 0 spiro atoms. The Kier molecular flexibility index (Phi) is 4.75. The molecule has 3 aliphatic rings. The first-order chi connectivity index (χ1) is 14.2. The van der Waals surface area contributed by atoms with Crippen molar-refractivity contribution in [2.45, 2.75) is 38.3 Å². The van der Waals surface area contributed by atoms with Gasteiger partial charge in [-0.05, 0) is 37.6 Å². The lowest BCUT2D eigenvalue weighted by Crippen LogP contribution is -2.43. The Morgan fingerprint density at radius 3 is 2.79 bits per heavy atom. The molecule has 1 fully saturated rings. The number of carbonyl (C=O) groups excluding carboxylic acids is 2. The molecule has 0 bridgehead atoms. The van der Waals surface area contributed by atoms with Gasteiger partial charge in [0.1, 0.15) is 12.4 Å². The van der Waals surface area contributed by atoms with Crippen LogP contribution < -0.4 is 5.32 Å². The van der Waals surface area contributed by atoms with Crippen LogP contribution in [0.3, 0.4) is 0 Å². The van der Waals surface area contributed by atoms with Gasteiger partial charge in [-0.25, -0.2) is 9.97 Å². The summed E-state index contributed by atoms with van der Waals surface area (Å²) >= 11 is 0. The minimum absolute atomic E-state index is 0.0146. The van der Waals surface area contributed by atoms with Crippen LogP contribution in [0.5, 0.6) is 0 Å². The van der Waals surface area contributed by atoms with Crippen LogP contribution in [0.15, 0.2) is 30.5 Å². The van der Waals surface area contributed by atoms with Gasteiger partial charge in [-0.1, -0.05) is 18.2 Å². The fourth-order valence-electron chi connectivity index (χ4n) is 4.53. The molecule has 0 atom stereocenters. The number of amides is 2. The fourth-order valence-corrected chi connectivity index (χ4v) is 4.53. The van der Waals surface area contributed by atoms with Crippen molar-refractivity contribution in [3.05, 3.63) is 58.7 Å². The third-order valence-electron chi connectivity index (χ3n) is 6.23. The highest BCUT2D eigenvalue weighted by Crippen LogP contribution is 2.26. The number of fused-ring (bicyclic) bond motifs is 2. The lowest BCUT2D eigenvalue weighted by Gasteiger charge is -2.30. The minimum Gasteiger partial charge on any atom is -0.336 e. The fraction of sp³-hybridized carbons (Fsp3) is 0.455. The normalized spacial score (nSPS) is 19.2. The van der Waals surface area contributed by atoms with Crippen molar-refractivity contribution >= 4 is 11.8 Å². The summed E-state index contributed by atoms with van der Waals surface area (Å²) in [6.07, 6.45) is 4.80. The monoisotopic (exact) mass is 391 g/mol. The second-order valence-corrected chi connectivity index (χ2v) is 8.11. The highest BCUT2D eigenvalue weighted by atomic mass is 16.2. The number of aromatic nitrogens is 2. The van der Waals surface area contributed by atoms with E-state index < -0.39 is 0 Å². The van der Waals surface area contributed by atoms with Gasteiger partial charge < -0.3 is 15.1 Å². The molecule has 1 N–H and O–H groups in total. The van der Waals surface area contributed by atoms with Gasteiger partial charge in [0.25, 0.3) is 5.91 Å². The Morgan fingerprint density at radius 2 is 1.97 bits per heavy atom. The summed E-state index contributed by atoms with van der Waals surface area (Å²) in [5, 5.41) is 3.38. The van der Waals surface area contributed by atoms with Crippen molar-refractivity contribution in [1.29, 1.82) is 0 Å². The number of nitrogens with one attached hydrogen (secondary N) is 1. The van der Waals surface area contributed by atoms with Crippen LogP contribution in [0.1, 0.15) is 51.8 Å². The molecule has 0 aliphatic carbocycles. The highest BCUT2D eigenvalue weighted by molar-refractivity contribution is 6.00. The van der Waals surface area contributed by atoms with E-state index in [1.165, 1.54) is 0 Å². The van der Waals surface area contributed by atoms with Gasteiger partial charge in [0.15, 0.2) is 0 Å². The van der Waals surface area contributed by atoms with E-state index in [1.54, 1.807) is 4.90 Å². The maximum Gasteiger partial charge on any atom is 0.254 e. The molecule has 7 heteroatoms. The maximum absolute atomic E-state index is 12.9. The first kappa shape index (κ1) is 18.2. The summed E-state index contributed by atoms with van der Waals surface area (Å²) in [4.78, 5) is 38.3. The van der Waals surface area contributed by atoms with E-state index >= 15 is 0 Å². The summed E-state index contributed by atoms with van der Waals surface area (Å²) in [7, 11) is 0. The lowest BCUT2D eigenvalue weighted by atomic mass is 9.96. The molecule has 1 aromatic heterocycles. The Hall–Kier alpha value is -2.80. The van der Waals surface area contributed by atoms with Crippen LogP contribution >= 0.6 is 0 Å². The van der Waals surface area contributed by atoms with Crippen molar-refractivity contribution in [3.8, 4) is 0 Å². The topological polar surface area (TPSA) is 78.4 Å². The molecular formula is C22H25N5O2. The van der Waals surface area contributed by atoms with Gasteiger partial charge in [0.2, 0.25) is 5.91 Å². The van der Waals surface area contributed by atoms with Gasteiger partial charge in [0.05, 0.1) is 5.69 Å². The van der Waals surface area contributed by atoms with Crippen molar-refractivity contribution in [1.82, 2.24) is 25.1 Å². The van der Waals surface area contributed by atoms with Crippen LogP contribution in [-0.2, 0) is 24.3 Å². The molecular weight excluding hydrogens is 366 g/mol. The van der Waals surface area contributed by atoms with Crippen molar-refractivity contribution in [2.75, 3.05) is 26.2 Å². The zero-order chi connectivity index (χ0) is 19.8. The van der Waals surface area contributed by atoms with Gasteiger partial charge in [0, 0.05) is 49.3 Å². The zero-order valence-electron chi connectivity index (χ0n) is 16.4. The van der Waals surface area contributed by atoms with Crippen LogP contribution in [0, 0.1) is 0 Å². The average Bonchev–Trinajstić information content (AvgIpc) is 3.09. The van der Waals surface area contributed by atoms with Gasteiger partial charge in [-0.3, -0.25) is 9.59 Å². The maximum atomic E-state index is 12.9. The van der Waals surface area contributed by atoms with E-state index in [0.717, 1.165) is 55.0 Å². The van der Waals surface area contributed by atoms with E-state index in [9.17, 15) is 9.59 Å². The molecule has 3 aliphatic heterocycles. The summed E-state index contributed by atoms with van der Waals surface area (Å²) in [5.74, 6) is 1.31. The number of nitrogens with zero attached hydrogens (tertiary/aromatic N) is 4. The van der Waals surface area contributed by atoms with E-state index in [1.807, 2.05) is 35.4 Å². The molecule has 2 aromatic rings. The van der Waals surface area contributed by atoms with Crippen LogP contribution in [0.2, 0.25) is 0 Å². The molecule has 2 amide bonds. The molecule has 5 rings (SSSR count). The van der Waals surface area contributed by atoms with Gasteiger partial charge >= 0.3 is 0 Å². The Morgan fingerprint density at radius 1 is 1.14 bits per heavy atom. The van der Waals surface area contributed by atoms with Gasteiger partial charge in [-0.15, -0.1) is 0 Å². The van der Waals surface area contributed by atoms with Crippen molar-refractivity contribution in [2.24, 2.45) is 0 Å². The van der Waals surface area contributed by atoms with Crippen LogP contribution in [0.25, 0.3) is 0 Å². The molecule has 0 saturated carbocycles. The highest BCUT2D eigenvalue weighted by Gasteiger charge is 2.31. The second-order valence-electron chi connectivity index (χ2n) is 8.11. The summed E-state index contributed by atoms with van der Waals surface area (Å²) in [6, 6.07) is 7.57. The Labute approximate surface area is 170 Å². The van der Waals surface area contributed by atoms with E-state index in [0.29, 0.717) is 31.1 Å². The van der Waals surface area contributed by atoms with E-state index in [2.05, 4.69) is 10.3 Å². The standard InChI is InChI=1S/C22H25N5O2/c28-20(14-27-12-16-3-1-2-4-18(16)22(27)29)26-10-7-19-17(13-26)11-24-21(25-19)15-5-8-23-9-6-15/h1-4,11,15,23H,5-10,12-14H2. The molecule has 0 unspecified atom stereocenters. The molecule has 7 nitrogen and oxygen atoms in total. The first-order valence-corrected chi connectivity index (χ1v) is 10.4. The second kappa shape index (κ2) is 7.55. The molecule has 1 aromatic carbocycles. The summed E-state index contributed by atoms with van der Waals surface area (Å²) in [5.41, 5.74) is 3.80. The predicted molar refractivity (Wildman–Crippen MR) is 107 cm³/mol. The first-order valence-electron chi connectivity index (χ1n) is 10.4. The lowest BCUT2D eigenvalue weighted by molar-refractivity contribution is -0.132. The zero-order valence-corrected chi connectivity index (χ0v) is 16.4. The predicted octanol–water partition coefficient (Wildman–Crippen LogP) is 1.48. The molecule has 4 heterocycles. The van der Waals surface area contributed by atoms with E-state index in [-0.39, 0.29) is 18.4 Å². The number of rotatable bonds is 3. The quantitative estimate of drug-likeness (QED) is 0.858. The van der Waals surface area contributed by atoms with Crippen molar-refractivity contribution in [3.63, 3.8) is 0 Å². The molecule has 150 valence electrons. The molecule has 29 heavy (non-hydrogen) atoms. The smallest absolute Gasteiger partial charge is 0.254 e. The number of hydrogen-bond donors (Lipinski definition) is 1. The molecule has 1 saturated heterocycles. The van der Waals surface area contributed by atoms with Gasteiger partial charge in [-0.2, -0.15) is 0 Å². The third kappa shape index (κ3) is 3.51. The number of carbonyl (C=O) groups is 2. The van der Waals surface area contributed by atoms with Crippen molar-refractivity contribution < 1.29 is 9.59 Å². The minimum atomic E-state index is -0.0543. The number of hydrogen-bond acceptors (Lipinski definition) is 5. The Balaban J connectivity index is 1.24.